The fourth-order valence-electron chi connectivity index (χ4n) is 1.60. The number of H-pyrrole nitrogens is 1. The largest absolute Gasteiger partial charge is 0.384 e. The second-order valence-corrected chi connectivity index (χ2v) is 3.71. The third-order valence-electron chi connectivity index (χ3n) is 2.09. The van der Waals surface area contributed by atoms with Crippen LogP contribution in [0, 0.1) is 13.8 Å². The first-order valence-electron chi connectivity index (χ1n) is 4.80. The molecular weight excluding hydrogens is 188 g/mol. The van der Waals surface area contributed by atoms with Gasteiger partial charge in [0.1, 0.15) is 5.82 Å². The Labute approximate surface area is 88.5 Å². The van der Waals surface area contributed by atoms with Crippen molar-refractivity contribution in [3.63, 3.8) is 0 Å². The van der Waals surface area contributed by atoms with Crippen molar-refractivity contribution in [2.75, 3.05) is 11.1 Å². The first-order chi connectivity index (χ1) is 7.13. The minimum atomic E-state index is 0.557. The van der Waals surface area contributed by atoms with Crippen LogP contribution >= 0.6 is 0 Å². The highest BCUT2D eigenvalue weighted by atomic mass is 15.2. The number of nitrogens with two attached hydrogens (primary N) is 1. The number of anilines is 3. The highest BCUT2D eigenvalue weighted by Crippen LogP contribution is 2.18. The van der Waals surface area contributed by atoms with Gasteiger partial charge < -0.3 is 11.1 Å². The van der Waals surface area contributed by atoms with Gasteiger partial charge in [-0.15, -0.1) is 0 Å². The van der Waals surface area contributed by atoms with Crippen LogP contribution in [-0.2, 0) is 0 Å². The van der Waals surface area contributed by atoms with Crippen LogP contribution in [0.1, 0.15) is 11.1 Å². The molecule has 0 aliphatic carbocycles. The molecule has 0 saturated heterocycles. The molecule has 1 heterocycles. The number of nitrogens with one attached hydrogen (secondary N) is 2. The van der Waals surface area contributed by atoms with Gasteiger partial charge in [0, 0.05) is 11.8 Å². The van der Waals surface area contributed by atoms with E-state index in [1.165, 1.54) is 11.1 Å². The molecular formula is C11H14N4. The molecule has 0 saturated carbocycles. The Bertz CT molecular complexity index is 453. The number of rotatable bonds is 2. The average molecular weight is 202 g/mol. The smallest absolute Gasteiger partial charge is 0.154 e. The molecule has 4 N–H and O–H groups in total. The summed E-state index contributed by atoms with van der Waals surface area (Å²) >= 11 is 0. The van der Waals surface area contributed by atoms with E-state index in [2.05, 4.69) is 47.6 Å². The van der Waals surface area contributed by atoms with Crippen LogP contribution in [0.4, 0.5) is 17.3 Å². The minimum absolute atomic E-state index is 0.557. The lowest BCUT2D eigenvalue weighted by Gasteiger charge is -2.05. The monoisotopic (exact) mass is 202 g/mol. The van der Waals surface area contributed by atoms with Crippen molar-refractivity contribution in [3.8, 4) is 0 Å². The molecule has 0 amide bonds. The topological polar surface area (TPSA) is 66.7 Å². The number of aromatic amines is 1. The lowest BCUT2D eigenvalue weighted by Crippen LogP contribution is -1.91. The van der Waals surface area contributed by atoms with Crippen LogP contribution < -0.4 is 11.1 Å². The molecule has 0 fully saturated rings. The fraction of sp³-hybridized carbons (Fsp3) is 0.182. The van der Waals surface area contributed by atoms with E-state index < -0.39 is 0 Å². The van der Waals surface area contributed by atoms with Gasteiger partial charge in [0.15, 0.2) is 5.82 Å². The van der Waals surface area contributed by atoms with Gasteiger partial charge in [-0.1, -0.05) is 6.07 Å². The van der Waals surface area contributed by atoms with Crippen LogP contribution in [0.2, 0.25) is 0 Å². The van der Waals surface area contributed by atoms with E-state index >= 15 is 0 Å². The summed E-state index contributed by atoms with van der Waals surface area (Å²) in [6.45, 7) is 4.13. The number of aromatic nitrogens is 2. The predicted molar refractivity (Wildman–Crippen MR) is 62.2 cm³/mol. The second kappa shape index (κ2) is 3.65. The van der Waals surface area contributed by atoms with E-state index in [0.29, 0.717) is 5.82 Å². The summed E-state index contributed by atoms with van der Waals surface area (Å²) in [7, 11) is 0. The van der Waals surface area contributed by atoms with Gasteiger partial charge >= 0.3 is 0 Å². The van der Waals surface area contributed by atoms with Crippen molar-refractivity contribution in [2.45, 2.75) is 13.8 Å². The van der Waals surface area contributed by atoms with Gasteiger partial charge in [0.05, 0.1) is 0 Å². The molecule has 0 bridgehead atoms. The molecule has 0 aliphatic heterocycles. The molecule has 4 heteroatoms. The Morgan fingerprint density at radius 1 is 1.13 bits per heavy atom. The predicted octanol–water partition coefficient (Wildman–Crippen LogP) is 2.35. The average Bonchev–Trinajstić information content (AvgIpc) is 2.49. The van der Waals surface area contributed by atoms with E-state index in [4.69, 9.17) is 5.73 Å². The van der Waals surface area contributed by atoms with Crippen LogP contribution in [0.3, 0.4) is 0 Å². The van der Waals surface area contributed by atoms with Crippen molar-refractivity contribution in [1.29, 1.82) is 0 Å². The Morgan fingerprint density at radius 2 is 1.80 bits per heavy atom. The summed E-state index contributed by atoms with van der Waals surface area (Å²) in [6.07, 6.45) is 0. The van der Waals surface area contributed by atoms with Gasteiger partial charge in [0.2, 0.25) is 0 Å². The van der Waals surface area contributed by atoms with E-state index in [0.717, 1.165) is 11.5 Å². The van der Waals surface area contributed by atoms with Crippen molar-refractivity contribution in [2.24, 2.45) is 0 Å². The molecule has 0 spiro atoms. The Kier molecular flexibility index (Phi) is 2.33. The quantitative estimate of drug-likeness (QED) is 0.700. The maximum absolute atomic E-state index is 5.53. The molecule has 0 aliphatic rings. The molecule has 4 nitrogen and oxygen atoms in total. The Hall–Kier alpha value is -1.97. The number of aryl methyl sites for hydroxylation is 2. The summed E-state index contributed by atoms with van der Waals surface area (Å²) in [4.78, 5) is 0. The zero-order valence-electron chi connectivity index (χ0n) is 8.83. The number of nitrogens with zero attached hydrogens (tertiary/aromatic N) is 1. The van der Waals surface area contributed by atoms with Crippen LogP contribution in [-0.4, -0.2) is 10.2 Å². The van der Waals surface area contributed by atoms with E-state index in [9.17, 15) is 0 Å². The Balaban J connectivity index is 2.24. The highest BCUT2D eigenvalue weighted by Gasteiger charge is 1.99. The molecule has 0 atom stereocenters. The Morgan fingerprint density at radius 3 is 2.33 bits per heavy atom. The maximum Gasteiger partial charge on any atom is 0.154 e. The van der Waals surface area contributed by atoms with Gasteiger partial charge in [-0.05, 0) is 37.1 Å². The molecule has 0 unspecified atom stereocenters. The molecule has 78 valence electrons. The van der Waals surface area contributed by atoms with Crippen molar-refractivity contribution >= 4 is 17.3 Å². The summed E-state index contributed by atoms with van der Waals surface area (Å²) in [5.41, 5.74) is 9.01. The molecule has 15 heavy (non-hydrogen) atoms. The van der Waals surface area contributed by atoms with E-state index in [1.807, 2.05) is 0 Å². The highest BCUT2D eigenvalue weighted by molar-refractivity contribution is 5.60. The summed E-state index contributed by atoms with van der Waals surface area (Å²) in [5.74, 6) is 1.29. The molecule has 2 aromatic rings. The first kappa shape index (κ1) is 9.58. The summed E-state index contributed by atoms with van der Waals surface area (Å²) in [5, 5.41) is 9.88. The fourth-order valence-corrected chi connectivity index (χ4v) is 1.60. The van der Waals surface area contributed by atoms with Crippen LogP contribution in [0.15, 0.2) is 24.3 Å². The van der Waals surface area contributed by atoms with Crippen molar-refractivity contribution < 1.29 is 0 Å². The summed E-state index contributed by atoms with van der Waals surface area (Å²) in [6, 6.07) is 8.03. The van der Waals surface area contributed by atoms with Crippen LogP contribution in [0.25, 0.3) is 0 Å². The van der Waals surface area contributed by atoms with Crippen LogP contribution in [0.5, 0.6) is 0 Å². The van der Waals surface area contributed by atoms with Gasteiger partial charge in [-0.3, -0.25) is 5.10 Å². The third kappa shape index (κ3) is 2.28. The number of hydrogen-bond donors (Lipinski definition) is 3. The lowest BCUT2D eigenvalue weighted by molar-refractivity contribution is 1.10. The SMILES string of the molecule is Cc1cc(C)cc(Nc2cc(N)[nH]n2)c1. The first-order valence-corrected chi connectivity index (χ1v) is 4.80. The third-order valence-corrected chi connectivity index (χ3v) is 2.09. The number of benzene rings is 1. The van der Waals surface area contributed by atoms with Gasteiger partial charge in [-0.25, -0.2) is 0 Å². The minimum Gasteiger partial charge on any atom is -0.384 e. The molecule has 2 rings (SSSR count). The van der Waals surface area contributed by atoms with Crippen molar-refractivity contribution in [3.05, 3.63) is 35.4 Å². The zero-order chi connectivity index (χ0) is 10.8. The standard InChI is InChI=1S/C11H14N4/c1-7-3-8(2)5-9(4-7)13-11-6-10(12)14-15-11/h3-6H,1-2H3,(H4,12,13,14,15). The molecule has 0 radical (unpaired) electrons. The summed E-state index contributed by atoms with van der Waals surface area (Å²) < 4.78 is 0. The zero-order valence-corrected chi connectivity index (χ0v) is 8.83. The van der Waals surface area contributed by atoms with Crippen molar-refractivity contribution in [1.82, 2.24) is 10.2 Å². The molecule has 1 aromatic heterocycles. The normalized spacial score (nSPS) is 10.3. The van der Waals surface area contributed by atoms with E-state index in [-0.39, 0.29) is 0 Å². The van der Waals surface area contributed by atoms with E-state index in [1.54, 1.807) is 6.07 Å². The number of hydrogen-bond acceptors (Lipinski definition) is 3. The lowest BCUT2D eigenvalue weighted by atomic mass is 10.1. The second-order valence-electron chi connectivity index (χ2n) is 3.71. The number of nitrogen functional groups attached to an aromatic ring is 1. The van der Waals surface area contributed by atoms with Gasteiger partial charge in [0.25, 0.3) is 0 Å². The van der Waals surface area contributed by atoms with Gasteiger partial charge in [-0.2, -0.15) is 5.10 Å². The maximum atomic E-state index is 5.53. The molecule has 1 aromatic carbocycles.